The van der Waals surface area contributed by atoms with Crippen molar-refractivity contribution in [3.8, 4) is 0 Å². The number of imide groups is 1. The molecule has 0 spiro atoms. The average molecular weight is 854 g/mol. The highest BCUT2D eigenvalue weighted by Crippen LogP contribution is 2.41. The fourth-order valence-electron chi connectivity index (χ4n) is 6.99. The van der Waals surface area contributed by atoms with Crippen molar-refractivity contribution in [2.45, 2.75) is 54.9 Å². The number of carbonyl (C=O) groups is 5. The number of amides is 4. The van der Waals surface area contributed by atoms with Crippen LogP contribution in [0.4, 0.5) is 10.5 Å². The summed E-state index contributed by atoms with van der Waals surface area (Å²) in [6, 6.07) is 31.2. The highest BCUT2D eigenvalue weighted by molar-refractivity contribution is 8.08. The molecule has 3 heterocycles. The zero-order chi connectivity index (χ0) is 41.7. The van der Waals surface area contributed by atoms with E-state index in [1.54, 1.807) is 36.4 Å². The van der Waals surface area contributed by atoms with Crippen LogP contribution >= 0.6 is 23.9 Å². The maximum Gasteiger partial charge on any atom is 0.411 e. The number of thioether (sulfide) groups is 1. The van der Waals surface area contributed by atoms with Gasteiger partial charge in [-0.05, 0) is 60.7 Å². The van der Waals surface area contributed by atoms with E-state index in [0.29, 0.717) is 52.9 Å². The van der Waals surface area contributed by atoms with Gasteiger partial charge in [0.1, 0.15) is 23.4 Å². The van der Waals surface area contributed by atoms with Gasteiger partial charge in [-0.2, -0.15) is 4.40 Å². The van der Waals surface area contributed by atoms with Crippen LogP contribution in [0.3, 0.4) is 0 Å². The van der Waals surface area contributed by atoms with E-state index in [0.717, 1.165) is 5.56 Å². The van der Waals surface area contributed by atoms with Gasteiger partial charge in [-0.25, -0.2) is 18.0 Å². The van der Waals surface area contributed by atoms with Gasteiger partial charge in [-0.15, -0.1) is 15.9 Å². The number of carbonyl (C=O) groups excluding carboxylic acids is 5. The van der Waals surface area contributed by atoms with Crippen LogP contribution in [0.25, 0.3) is 0 Å². The van der Waals surface area contributed by atoms with Crippen LogP contribution in [0.1, 0.15) is 54.5 Å². The maximum absolute atomic E-state index is 14.3. The number of anilines is 1. The van der Waals surface area contributed by atoms with Crippen molar-refractivity contribution in [1.29, 1.82) is 0 Å². The summed E-state index contributed by atoms with van der Waals surface area (Å²) < 4.78 is 44.0. The minimum Gasteiger partial charge on any atom is -0.448 e. The van der Waals surface area contributed by atoms with E-state index in [-0.39, 0.29) is 46.9 Å². The summed E-state index contributed by atoms with van der Waals surface area (Å²) in [5, 5.41) is 4.34. The first-order valence-corrected chi connectivity index (χ1v) is 21.9. The first-order valence-electron chi connectivity index (χ1n) is 18.6. The monoisotopic (exact) mass is 853 g/mol. The van der Waals surface area contributed by atoms with Crippen molar-refractivity contribution < 1.29 is 41.9 Å². The number of esters is 1. The third-order valence-corrected chi connectivity index (χ3v) is 13.9. The number of rotatable bonds is 13. The van der Waals surface area contributed by atoms with E-state index >= 15 is 0 Å². The molecule has 2 saturated heterocycles. The third kappa shape index (κ3) is 8.83. The zero-order valence-corrected chi connectivity index (χ0v) is 34.3. The number of fused-ring (bicyclic) bond motifs is 1. The number of hydrogen-bond acceptors (Lipinski definition) is 12. The van der Waals surface area contributed by atoms with Gasteiger partial charge in [0.25, 0.3) is 15.9 Å². The molecule has 4 aromatic carbocycles. The van der Waals surface area contributed by atoms with E-state index < -0.39 is 44.9 Å². The Morgan fingerprint density at radius 1 is 0.949 bits per heavy atom. The Bertz CT molecular complexity index is 2410. The molecule has 0 aromatic heterocycles. The lowest BCUT2D eigenvalue weighted by molar-refractivity contribution is -0.147. The van der Waals surface area contributed by atoms with Crippen molar-refractivity contribution in [1.82, 2.24) is 14.3 Å². The quantitative estimate of drug-likeness (QED) is 0.0609. The maximum atomic E-state index is 14.3. The first kappa shape index (κ1) is 41.4. The summed E-state index contributed by atoms with van der Waals surface area (Å²) in [7, 11) is -3.95. The summed E-state index contributed by atoms with van der Waals surface area (Å²) in [6.07, 6.45) is -0.603. The molecule has 2 fully saturated rings. The Hall–Kier alpha value is -5.75. The second kappa shape index (κ2) is 17.6. The van der Waals surface area contributed by atoms with Crippen LogP contribution in [-0.2, 0) is 44.1 Å². The standard InChI is InChI=1S/C42H39N5O9S3/c1-3-42(23-22-33(48)44-40(42)51)30-16-18-31(19-17-30)43-41(52)55-24-29-25-57-38-34(45-58-46-59(53,54)32-20-14-26(2)15-21-32)37(49)47(38)35(29)39(50)56-36(27-10-6-4-7-11-27)28-12-8-5-9-13-28/h4-21,36,38,46H,3,22-25H2,1-2H3,(H,43,52)(H,44,48,51)/b45-34-/t38-,42-/m1/s1. The number of aryl methyl sites for hydroxylation is 1. The molecule has 0 aliphatic carbocycles. The van der Waals surface area contributed by atoms with Gasteiger partial charge in [-0.3, -0.25) is 29.9 Å². The average Bonchev–Trinajstić information content (AvgIpc) is 3.24. The first-order chi connectivity index (χ1) is 28.4. The highest BCUT2D eigenvalue weighted by Gasteiger charge is 2.52. The Morgan fingerprint density at radius 2 is 1.59 bits per heavy atom. The number of piperidine rings is 1. The lowest BCUT2D eigenvalue weighted by atomic mass is 9.72. The van der Waals surface area contributed by atoms with Gasteiger partial charge in [0.05, 0.1) is 22.4 Å². The molecule has 0 saturated carbocycles. The lowest BCUT2D eigenvalue weighted by Crippen LogP contribution is -2.62. The van der Waals surface area contributed by atoms with Crippen LogP contribution in [0.2, 0.25) is 0 Å². The number of ether oxygens (including phenoxy) is 2. The summed E-state index contributed by atoms with van der Waals surface area (Å²) in [4.78, 5) is 67.1. The smallest absolute Gasteiger partial charge is 0.411 e. The Morgan fingerprint density at radius 3 is 2.20 bits per heavy atom. The van der Waals surface area contributed by atoms with Crippen LogP contribution in [-0.4, -0.2) is 66.5 Å². The van der Waals surface area contributed by atoms with Gasteiger partial charge in [0, 0.05) is 23.4 Å². The van der Waals surface area contributed by atoms with E-state index in [2.05, 4.69) is 19.2 Å². The van der Waals surface area contributed by atoms with Gasteiger partial charge < -0.3 is 9.47 Å². The number of β-lactam (4-membered cyclic amide) rings is 1. The summed E-state index contributed by atoms with van der Waals surface area (Å²) in [5.74, 6) is -2.00. The normalized spacial score (nSPS) is 19.8. The number of hydrogen-bond donors (Lipinski definition) is 3. The SMILES string of the molecule is CC[C@]1(c2ccc(NC(=O)OCC3=C(C(=O)OC(c4ccccc4)c4ccccc4)N4C(=O)/C(=N/SNS(=O)(=O)c5ccc(C)cc5)[C@H]4SC3)cc2)CCC(=O)NC1=O. The zero-order valence-electron chi connectivity index (χ0n) is 31.9. The van der Waals surface area contributed by atoms with Crippen LogP contribution in [0, 0.1) is 6.92 Å². The largest absolute Gasteiger partial charge is 0.448 e. The van der Waals surface area contributed by atoms with Crippen molar-refractivity contribution in [2.75, 3.05) is 17.7 Å². The van der Waals surface area contributed by atoms with Crippen molar-refractivity contribution >= 4 is 75.1 Å². The van der Waals surface area contributed by atoms with E-state index in [1.165, 1.54) is 28.8 Å². The topological polar surface area (TPSA) is 190 Å². The lowest BCUT2D eigenvalue weighted by Gasteiger charge is -2.44. The molecule has 59 heavy (non-hydrogen) atoms. The van der Waals surface area contributed by atoms with Gasteiger partial charge in [-0.1, -0.05) is 97.4 Å². The number of nitrogens with zero attached hydrogens (tertiary/aromatic N) is 2. The molecule has 4 aromatic rings. The fourth-order valence-corrected chi connectivity index (χ4v) is 10.00. The Balaban J connectivity index is 1.10. The summed E-state index contributed by atoms with van der Waals surface area (Å²) >= 11 is 1.74. The van der Waals surface area contributed by atoms with Gasteiger partial charge >= 0.3 is 12.1 Å². The number of benzene rings is 4. The van der Waals surface area contributed by atoms with Gasteiger partial charge in [0.15, 0.2) is 6.10 Å². The number of nitrogens with one attached hydrogen (secondary N) is 3. The van der Waals surface area contributed by atoms with Crippen molar-refractivity contribution in [3.63, 3.8) is 0 Å². The van der Waals surface area contributed by atoms with E-state index in [9.17, 15) is 32.4 Å². The van der Waals surface area contributed by atoms with Gasteiger partial charge in [0.2, 0.25) is 11.8 Å². The molecule has 3 aliphatic rings. The molecular formula is C42H39N5O9S3. The van der Waals surface area contributed by atoms with Crippen molar-refractivity contribution in [3.05, 3.63) is 143 Å². The number of sulfonamides is 1. The molecule has 304 valence electrons. The molecule has 0 bridgehead atoms. The Labute approximate surface area is 349 Å². The van der Waals surface area contributed by atoms with E-state index in [4.69, 9.17) is 9.47 Å². The molecule has 3 aliphatic heterocycles. The van der Waals surface area contributed by atoms with Crippen LogP contribution in [0.5, 0.6) is 0 Å². The summed E-state index contributed by atoms with van der Waals surface area (Å²) in [5.41, 5.74) is 2.73. The Kier molecular flexibility index (Phi) is 12.4. The molecule has 0 unspecified atom stereocenters. The molecule has 4 amide bonds. The van der Waals surface area contributed by atoms with Crippen LogP contribution < -0.4 is 14.8 Å². The molecule has 2 atom stereocenters. The minimum absolute atomic E-state index is 0.0305. The fraction of sp³-hybridized carbons (Fsp3) is 0.238. The molecular weight excluding hydrogens is 815 g/mol. The molecule has 3 N–H and O–H groups in total. The molecule has 7 rings (SSSR count). The summed E-state index contributed by atoms with van der Waals surface area (Å²) in [6.45, 7) is 3.35. The third-order valence-electron chi connectivity index (χ3n) is 10.3. The van der Waals surface area contributed by atoms with Crippen molar-refractivity contribution in [2.24, 2.45) is 4.40 Å². The molecule has 0 radical (unpaired) electrons. The minimum atomic E-state index is -3.95. The second-order valence-electron chi connectivity index (χ2n) is 14.0. The second-order valence-corrected chi connectivity index (χ2v) is 17.5. The highest BCUT2D eigenvalue weighted by atomic mass is 32.3. The van der Waals surface area contributed by atoms with Crippen LogP contribution in [0.15, 0.2) is 130 Å². The van der Waals surface area contributed by atoms with E-state index in [1.807, 2.05) is 74.5 Å². The predicted molar refractivity (Wildman–Crippen MR) is 223 cm³/mol. The molecule has 14 nitrogen and oxygen atoms in total. The predicted octanol–water partition coefficient (Wildman–Crippen LogP) is 6.11. The molecule has 17 heteroatoms.